The molecule has 0 saturated carbocycles. The third-order valence-electron chi connectivity index (χ3n) is 3.09. The van der Waals surface area contributed by atoms with Gasteiger partial charge in [-0.15, -0.1) is 0 Å². The number of alkyl halides is 2. The smallest absolute Gasteiger partial charge is 0.270 e. The van der Waals surface area contributed by atoms with Gasteiger partial charge in [0.1, 0.15) is 0 Å². The molecule has 0 aliphatic rings. The Kier molecular flexibility index (Phi) is 5.09. The quantitative estimate of drug-likeness (QED) is 0.674. The summed E-state index contributed by atoms with van der Waals surface area (Å²) in [5, 5.41) is 0. The Morgan fingerprint density at radius 3 is 1.91 bits per heavy atom. The summed E-state index contributed by atoms with van der Waals surface area (Å²) in [5.74, 6) is -0.637. The first-order chi connectivity index (χ1) is 10.3. The number of rotatable bonds is 4. The molecule has 0 aliphatic carbocycles. The van der Waals surface area contributed by atoms with Crippen LogP contribution < -0.4 is 4.90 Å². The number of halogens is 2. The van der Waals surface area contributed by atoms with Crippen LogP contribution >= 0.6 is 31.9 Å². The fourth-order valence-corrected chi connectivity index (χ4v) is 4.66. The molecule has 116 valence electrons. The minimum atomic E-state index is -3.95. The van der Waals surface area contributed by atoms with Gasteiger partial charge < -0.3 is 4.90 Å². The predicted molar refractivity (Wildman–Crippen MR) is 94.1 cm³/mol. The average molecular weight is 447 g/mol. The number of anilines is 1. The molecule has 7 heteroatoms. The molecule has 0 spiro atoms. The first-order valence-electron chi connectivity index (χ1n) is 6.29. The number of sulfone groups is 1. The van der Waals surface area contributed by atoms with Crippen molar-refractivity contribution in [2.24, 2.45) is 0 Å². The van der Waals surface area contributed by atoms with Gasteiger partial charge >= 0.3 is 0 Å². The zero-order valence-corrected chi connectivity index (χ0v) is 15.6. The Morgan fingerprint density at radius 2 is 1.41 bits per heavy atom. The summed E-state index contributed by atoms with van der Waals surface area (Å²) in [7, 11) is -2.43. The lowest BCUT2D eigenvalue weighted by atomic mass is 10.3. The van der Waals surface area contributed by atoms with Crippen molar-refractivity contribution in [3.8, 4) is 0 Å². The molecule has 0 N–H and O–H groups in total. The van der Waals surface area contributed by atoms with E-state index in [0.717, 1.165) is 0 Å². The first-order valence-corrected chi connectivity index (χ1v) is 9.36. The average Bonchev–Trinajstić information content (AvgIpc) is 2.54. The molecule has 0 atom stereocenters. The van der Waals surface area contributed by atoms with Crippen LogP contribution in [0.2, 0.25) is 0 Å². The number of para-hydroxylation sites is 1. The molecule has 4 nitrogen and oxygen atoms in total. The normalized spacial score (nSPS) is 12.0. The second-order valence-corrected chi connectivity index (χ2v) is 11.1. The second-order valence-electron chi connectivity index (χ2n) is 4.53. The van der Waals surface area contributed by atoms with Crippen LogP contribution in [-0.2, 0) is 14.6 Å². The highest BCUT2D eigenvalue weighted by molar-refractivity contribution is 9.28. The Hall–Kier alpha value is -1.18. The summed E-state index contributed by atoms with van der Waals surface area (Å²) in [5.41, 5.74) is 0.596. The van der Waals surface area contributed by atoms with Crippen molar-refractivity contribution < 1.29 is 13.2 Å². The van der Waals surface area contributed by atoms with Crippen molar-refractivity contribution in [1.29, 1.82) is 0 Å². The number of benzene rings is 2. The van der Waals surface area contributed by atoms with Crippen LogP contribution in [0.1, 0.15) is 0 Å². The standard InChI is InChI=1S/C15H13Br2NO3S/c1-18(12-8-4-2-5-9-12)14(19)15(16,17)22(20,21)13-10-6-3-7-11-13/h2-11H,1H3. The van der Waals surface area contributed by atoms with Gasteiger partial charge in [-0.1, -0.05) is 36.4 Å². The maximum Gasteiger partial charge on any atom is 0.270 e. The Bertz CT molecular complexity index is 762. The van der Waals surface area contributed by atoms with E-state index in [-0.39, 0.29) is 4.90 Å². The van der Waals surface area contributed by atoms with Crippen LogP contribution in [0.3, 0.4) is 0 Å². The van der Waals surface area contributed by atoms with Crippen molar-refractivity contribution in [3.05, 3.63) is 60.7 Å². The van der Waals surface area contributed by atoms with Crippen molar-refractivity contribution in [3.63, 3.8) is 0 Å². The Labute approximate surface area is 146 Å². The van der Waals surface area contributed by atoms with E-state index in [2.05, 4.69) is 31.9 Å². The van der Waals surface area contributed by atoms with Gasteiger partial charge in [0.15, 0.2) is 0 Å². The van der Waals surface area contributed by atoms with Gasteiger partial charge in [0.05, 0.1) is 4.90 Å². The predicted octanol–water partition coefficient (Wildman–Crippen LogP) is 3.57. The monoisotopic (exact) mass is 445 g/mol. The molecule has 0 radical (unpaired) electrons. The van der Waals surface area contributed by atoms with Gasteiger partial charge in [-0.25, -0.2) is 8.42 Å². The number of amides is 1. The number of nitrogens with zero attached hydrogens (tertiary/aromatic N) is 1. The van der Waals surface area contributed by atoms with E-state index in [9.17, 15) is 13.2 Å². The van der Waals surface area contributed by atoms with E-state index in [1.54, 1.807) is 42.5 Å². The highest BCUT2D eigenvalue weighted by Gasteiger charge is 2.49. The van der Waals surface area contributed by atoms with E-state index in [0.29, 0.717) is 5.69 Å². The molecule has 0 heterocycles. The van der Waals surface area contributed by atoms with Gasteiger partial charge in [0.25, 0.3) is 8.47 Å². The first kappa shape index (κ1) is 17.2. The van der Waals surface area contributed by atoms with E-state index in [1.165, 1.54) is 24.1 Å². The molecule has 2 rings (SSSR count). The summed E-state index contributed by atoms with van der Waals surface area (Å²) in [4.78, 5) is 14.0. The lowest BCUT2D eigenvalue weighted by Gasteiger charge is -2.26. The van der Waals surface area contributed by atoms with Gasteiger partial charge in [-0.2, -0.15) is 0 Å². The van der Waals surface area contributed by atoms with Crippen LogP contribution in [0, 0.1) is 0 Å². The minimum Gasteiger partial charge on any atom is -0.313 e. The molecule has 0 saturated heterocycles. The van der Waals surface area contributed by atoms with E-state index in [4.69, 9.17) is 0 Å². The molecule has 0 bridgehead atoms. The molecule has 22 heavy (non-hydrogen) atoms. The SMILES string of the molecule is CN(C(=O)C(Br)(Br)S(=O)(=O)c1ccccc1)c1ccccc1. The summed E-state index contributed by atoms with van der Waals surface area (Å²) >= 11 is 6.08. The van der Waals surface area contributed by atoms with Gasteiger partial charge in [0.2, 0.25) is 9.84 Å². The zero-order valence-electron chi connectivity index (χ0n) is 11.6. The van der Waals surface area contributed by atoms with Crippen LogP contribution in [0.15, 0.2) is 65.6 Å². The van der Waals surface area contributed by atoms with Crippen LogP contribution in [-0.4, -0.2) is 23.9 Å². The summed E-state index contributed by atoms with van der Waals surface area (Å²) in [6, 6.07) is 16.6. The van der Waals surface area contributed by atoms with Crippen LogP contribution in [0.4, 0.5) is 5.69 Å². The molecule has 0 fully saturated rings. The Balaban J connectivity index is 2.40. The van der Waals surface area contributed by atoms with E-state index < -0.39 is 18.3 Å². The molecule has 0 unspecified atom stereocenters. The third-order valence-corrected chi connectivity index (χ3v) is 8.07. The molecule has 0 aliphatic heterocycles. The number of carbonyl (C=O) groups excluding carboxylic acids is 1. The number of carbonyl (C=O) groups is 1. The molecular formula is C15H13Br2NO3S. The third kappa shape index (κ3) is 3.11. The Morgan fingerprint density at radius 1 is 0.955 bits per heavy atom. The van der Waals surface area contributed by atoms with Crippen molar-refractivity contribution in [2.45, 2.75) is 7.46 Å². The minimum absolute atomic E-state index is 0.0542. The van der Waals surface area contributed by atoms with E-state index in [1.807, 2.05) is 6.07 Å². The number of hydrogen-bond acceptors (Lipinski definition) is 3. The van der Waals surface area contributed by atoms with E-state index >= 15 is 0 Å². The van der Waals surface area contributed by atoms with Crippen molar-refractivity contribution in [1.82, 2.24) is 0 Å². The number of hydrogen-bond donors (Lipinski definition) is 0. The highest BCUT2D eigenvalue weighted by atomic mass is 79.9. The molecule has 2 aromatic rings. The molecular weight excluding hydrogens is 434 g/mol. The van der Waals surface area contributed by atoms with Crippen molar-refractivity contribution >= 4 is 53.3 Å². The van der Waals surface area contributed by atoms with Crippen LogP contribution in [0.25, 0.3) is 0 Å². The van der Waals surface area contributed by atoms with Crippen LogP contribution in [0.5, 0.6) is 0 Å². The fraction of sp³-hybridized carbons (Fsp3) is 0.133. The molecule has 0 aromatic heterocycles. The summed E-state index contributed by atoms with van der Waals surface area (Å²) in [6.07, 6.45) is 0. The van der Waals surface area contributed by atoms with Gasteiger partial charge in [0, 0.05) is 12.7 Å². The van der Waals surface area contributed by atoms with Gasteiger partial charge in [-0.05, 0) is 56.1 Å². The fourth-order valence-electron chi connectivity index (χ4n) is 1.83. The topological polar surface area (TPSA) is 54.5 Å². The lowest BCUT2D eigenvalue weighted by Crippen LogP contribution is -2.44. The largest absolute Gasteiger partial charge is 0.313 e. The summed E-state index contributed by atoms with van der Waals surface area (Å²) < 4.78 is 23.4. The molecule has 1 amide bonds. The summed E-state index contributed by atoms with van der Waals surface area (Å²) in [6.45, 7) is 0. The lowest BCUT2D eigenvalue weighted by molar-refractivity contribution is -0.116. The second kappa shape index (κ2) is 6.52. The van der Waals surface area contributed by atoms with Crippen molar-refractivity contribution in [2.75, 3.05) is 11.9 Å². The molecule has 2 aromatic carbocycles. The van der Waals surface area contributed by atoms with Gasteiger partial charge in [-0.3, -0.25) is 4.79 Å². The highest BCUT2D eigenvalue weighted by Crippen LogP contribution is 2.39. The maximum absolute atomic E-state index is 12.7. The zero-order chi connectivity index (χ0) is 16.4. The maximum atomic E-state index is 12.7.